The second kappa shape index (κ2) is 14.1. The van der Waals surface area contributed by atoms with Crippen molar-refractivity contribution < 1.29 is 14.5 Å². The van der Waals surface area contributed by atoms with Crippen LogP contribution in [0.25, 0.3) is 5.57 Å². The Hall–Kier alpha value is -4.44. The number of aliphatic hydroxyl groups is 1. The minimum Gasteiger partial charge on any atom is -0.506 e. The summed E-state index contributed by atoms with van der Waals surface area (Å²) in [5.41, 5.74) is 12.2. The zero-order valence-electron chi connectivity index (χ0n) is 30.8. The lowest BCUT2D eigenvalue weighted by Crippen LogP contribution is -2.39. The summed E-state index contributed by atoms with van der Waals surface area (Å²) in [4.78, 5) is 16.2. The number of rotatable bonds is 6. The van der Waals surface area contributed by atoms with Gasteiger partial charge in [-0.1, -0.05) is 74.6 Å². The third kappa shape index (κ3) is 6.34. The van der Waals surface area contributed by atoms with Crippen LogP contribution in [0, 0.1) is 39.5 Å². The molecule has 3 aromatic carbocycles. The van der Waals surface area contributed by atoms with E-state index < -0.39 is 0 Å². The first-order valence-corrected chi connectivity index (χ1v) is 18.9. The van der Waals surface area contributed by atoms with Crippen LogP contribution in [0.3, 0.4) is 0 Å². The van der Waals surface area contributed by atoms with E-state index in [0.717, 1.165) is 22.5 Å². The summed E-state index contributed by atoms with van der Waals surface area (Å²) in [6, 6.07) is 22.6. The Labute approximate surface area is 299 Å². The van der Waals surface area contributed by atoms with Crippen molar-refractivity contribution in [1.82, 2.24) is 0 Å². The second-order valence-electron chi connectivity index (χ2n) is 15.5. The van der Waals surface area contributed by atoms with Crippen molar-refractivity contribution in [3.05, 3.63) is 130 Å². The fourth-order valence-electron chi connectivity index (χ4n) is 9.05. The zero-order valence-corrected chi connectivity index (χ0v) is 30.8. The normalized spacial score (nSPS) is 23.7. The van der Waals surface area contributed by atoms with Crippen LogP contribution in [0.15, 0.2) is 102 Å². The molecule has 0 radical (unpaired) electrons. The molecule has 3 aromatic rings. The van der Waals surface area contributed by atoms with Gasteiger partial charge in [0.25, 0.3) is 0 Å². The number of aryl methyl sites for hydroxylation is 4. The van der Waals surface area contributed by atoms with Crippen LogP contribution < -0.4 is 4.90 Å². The highest BCUT2D eigenvalue weighted by molar-refractivity contribution is 6.39. The maximum atomic E-state index is 13.7. The van der Waals surface area contributed by atoms with Gasteiger partial charge < -0.3 is 10.0 Å². The topological polar surface area (TPSA) is 43.5 Å². The van der Waals surface area contributed by atoms with Gasteiger partial charge >= 0.3 is 0 Å². The molecule has 0 spiro atoms. The number of Topliss-reactive ketones (excluding diaryl/α,β-unsaturated/α-hetero) is 1. The third-order valence-corrected chi connectivity index (χ3v) is 11.8. The summed E-state index contributed by atoms with van der Waals surface area (Å²) in [5, 5.41) is 11.4. The molecule has 4 unspecified atom stereocenters. The van der Waals surface area contributed by atoms with Crippen LogP contribution in [-0.4, -0.2) is 33.3 Å². The summed E-state index contributed by atoms with van der Waals surface area (Å²) < 4.78 is 2.52. The molecule has 4 aliphatic carbocycles. The van der Waals surface area contributed by atoms with E-state index in [1.165, 1.54) is 85.0 Å². The fourth-order valence-corrected chi connectivity index (χ4v) is 9.05. The van der Waals surface area contributed by atoms with Gasteiger partial charge in [-0.05, 0) is 112 Å². The SMILES string of the molecule is Cc1ccc(N(c2ccc(C3=C(O)C(=C4C=CC(=[N+](c5ccc(C)cc5C)C5CCCCC5C)C=C4)C3=O)cc2)C2CCCCC2C)c(C)c1. The number of carbonyl (C=O) groups excluding carboxylic acids is 1. The van der Waals surface area contributed by atoms with Gasteiger partial charge in [-0.25, -0.2) is 0 Å². The highest BCUT2D eigenvalue weighted by atomic mass is 16.3. The standard InChI is InChI=1S/C46H52N2O2/c1-29-15-25-41(33(5)27-29)47(39-13-9-7-11-31(39)3)37-21-17-35(18-22-37)43-45(49)44(46(43)50)36-19-23-38(24-20-36)48(40-14-10-8-12-32(40)4)42-26-16-30(2)28-34(42)6/h15-28,31-32,39-40H,7-14H2,1-6H3/p+1. The lowest BCUT2D eigenvalue weighted by molar-refractivity contribution is -0.498. The average Bonchev–Trinajstić information content (AvgIpc) is 3.10. The Morgan fingerprint density at radius 1 is 0.680 bits per heavy atom. The van der Waals surface area contributed by atoms with Crippen LogP contribution in [0.4, 0.5) is 17.1 Å². The van der Waals surface area contributed by atoms with Gasteiger partial charge in [-0.3, -0.25) is 4.79 Å². The van der Waals surface area contributed by atoms with Gasteiger partial charge in [0.1, 0.15) is 5.76 Å². The number of benzene rings is 3. The molecule has 2 fully saturated rings. The van der Waals surface area contributed by atoms with Gasteiger partial charge in [0.15, 0.2) is 6.04 Å². The molecule has 0 amide bonds. The highest BCUT2D eigenvalue weighted by Gasteiger charge is 2.38. The summed E-state index contributed by atoms with van der Waals surface area (Å²) in [6.45, 7) is 13.5. The monoisotopic (exact) mass is 665 g/mol. The molecule has 2 saturated carbocycles. The lowest BCUT2D eigenvalue weighted by Gasteiger charge is -2.41. The maximum Gasteiger partial charge on any atom is 0.208 e. The molecule has 4 aliphatic rings. The van der Waals surface area contributed by atoms with Crippen LogP contribution >= 0.6 is 0 Å². The van der Waals surface area contributed by atoms with Crippen LogP contribution in [-0.2, 0) is 4.79 Å². The van der Waals surface area contributed by atoms with Crippen molar-refractivity contribution in [2.75, 3.05) is 4.90 Å². The third-order valence-electron chi connectivity index (χ3n) is 11.8. The van der Waals surface area contributed by atoms with Crippen LogP contribution in [0.2, 0.25) is 0 Å². The molecule has 258 valence electrons. The van der Waals surface area contributed by atoms with Gasteiger partial charge in [0.2, 0.25) is 17.2 Å². The van der Waals surface area contributed by atoms with Crippen molar-refractivity contribution >= 4 is 34.1 Å². The van der Waals surface area contributed by atoms with Crippen LogP contribution in [0.1, 0.15) is 93.0 Å². The average molecular weight is 666 g/mol. The van der Waals surface area contributed by atoms with Crippen molar-refractivity contribution in [1.29, 1.82) is 0 Å². The molecule has 0 aliphatic heterocycles. The first-order valence-electron chi connectivity index (χ1n) is 18.9. The van der Waals surface area contributed by atoms with E-state index in [4.69, 9.17) is 0 Å². The van der Waals surface area contributed by atoms with Gasteiger partial charge in [-0.15, -0.1) is 0 Å². The van der Waals surface area contributed by atoms with Crippen molar-refractivity contribution in [3.8, 4) is 0 Å². The van der Waals surface area contributed by atoms with E-state index in [9.17, 15) is 9.90 Å². The molecule has 1 N–H and O–H groups in total. The number of nitrogens with zero attached hydrogens (tertiary/aromatic N) is 2. The second-order valence-corrected chi connectivity index (χ2v) is 15.5. The lowest BCUT2D eigenvalue weighted by atomic mass is 9.80. The predicted octanol–water partition coefficient (Wildman–Crippen LogP) is 11.3. The predicted molar refractivity (Wildman–Crippen MR) is 208 cm³/mol. The van der Waals surface area contributed by atoms with Gasteiger partial charge in [-0.2, -0.15) is 4.58 Å². The number of hydrogen-bond acceptors (Lipinski definition) is 3. The van der Waals surface area contributed by atoms with Crippen molar-refractivity contribution in [3.63, 3.8) is 0 Å². The van der Waals surface area contributed by atoms with Crippen molar-refractivity contribution in [2.24, 2.45) is 11.8 Å². The molecular formula is C46H53N2O2+. The Morgan fingerprint density at radius 3 is 1.92 bits per heavy atom. The van der Waals surface area contributed by atoms with E-state index in [-0.39, 0.29) is 11.5 Å². The van der Waals surface area contributed by atoms with Gasteiger partial charge in [0, 0.05) is 53.5 Å². The first kappa shape index (κ1) is 34.0. The van der Waals surface area contributed by atoms with E-state index in [1.54, 1.807) is 0 Å². The first-order chi connectivity index (χ1) is 24.1. The summed E-state index contributed by atoms with van der Waals surface area (Å²) in [6.07, 6.45) is 18.2. The number of allylic oxidation sites excluding steroid dienone is 7. The molecule has 4 heteroatoms. The number of carbonyl (C=O) groups is 1. The minimum atomic E-state index is -0.0951. The Balaban J connectivity index is 1.20. The fraction of sp³-hybridized carbons (Fsp3) is 0.391. The Bertz CT molecular complexity index is 1950. The number of aliphatic hydroxyl groups excluding tert-OH is 1. The number of hydrogen-bond donors (Lipinski definition) is 1. The summed E-state index contributed by atoms with van der Waals surface area (Å²) >= 11 is 0. The molecule has 0 saturated heterocycles. The number of ketones is 1. The van der Waals surface area contributed by atoms with E-state index >= 15 is 0 Å². The maximum absolute atomic E-state index is 13.7. The number of anilines is 2. The van der Waals surface area contributed by atoms with E-state index in [0.29, 0.717) is 35.1 Å². The van der Waals surface area contributed by atoms with E-state index in [1.807, 2.05) is 24.3 Å². The molecule has 0 bridgehead atoms. The largest absolute Gasteiger partial charge is 0.506 e. The van der Waals surface area contributed by atoms with E-state index in [2.05, 4.69) is 112 Å². The molecular weight excluding hydrogens is 613 g/mol. The Kier molecular flexibility index (Phi) is 9.57. The zero-order chi connectivity index (χ0) is 35.1. The molecule has 0 heterocycles. The molecule has 50 heavy (non-hydrogen) atoms. The molecule has 0 aromatic heterocycles. The molecule has 7 rings (SSSR count). The molecule has 4 atom stereocenters. The van der Waals surface area contributed by atoms with Crippen molar-refractivity contribution in [2.45, 2.75) is 105 Å². The minimum absolute atomic E-state index is 0.0924. The summed E-state index contributed by atoms with van der Waals surface area (Å²) in [7, 11) is 0. The smallest absolute Gasteiger partial charge is 0.208 e. The Morgan fingerprint density at radius 2 is 1.30 bits per heavy atom. The molecule has 4 nitrogen and oxygen atoms in total. The quantitative estimate of drug-likeness (QED) is 0.210. The highest BCUT2D eigenvalue weighted by Crippen LogP contribution is 2.42. The van der Waals surface area contributed by atoms with Crippen LogP contribution in [0.5, 0.6) is 0 Å². The summed E-state index contributed by atoms with van der Waals surface area (Å²) in [5.74, 6) is 1.18. The van der Waals surface area contributed by atoms with Gasteiger partial charge in [0.05, 0.1) is 11.1 Å².